The summed E-state index contributed by atoms with van der Waals surface area (Å²) in [7, 11) is 0. The number of anilines is 1. The fourth-order valence-corrected chi connectivity index (χ4v) is 3.94. The molecule has 0 aliphatic carbocycles. The predicted molar refractivity (Wildman–Crippen MR) is 83.5 cm³/mol. The third-order valence-electron chi connectivity index (χ3n) is 3.46. The smallest absolute Gasteiger partial charge is 0.299 e. The van der Waals surface area contributed by atoms with Crippen molar-refractivity contribution in [1.82, 2.24) is 0 Å². The Morgan fingerprint density at radius 3 is 2.55 bits per heavy atom. The Morgan fingerprint density at radius 2 is 1.90 bits per heavy atom. The van der Waals surface area contributed by atoms with E-state index in [1.54, 1.807) is 16.2 Å². The first-order chi connectivity index (χ1) is 9.49. The Kier molecular flexibility index (Phi) is 3.26. The van der Waals surface area contributed by atoms with E-state index in [9.17, 15) is 9.59 Å². The number of hydrogen-bond donors (Lipinski definition) is 0. The third-order valence-corrected chi connectivity index (χ3v) is 5.14. The largest absolute Gasteiger partial charge is 0.299 e. The summed E-state index contributed by atoms with van der Waals surface area (Å²) in [5.41, 5.74) is 3.15. The molecule has 0 unspecified atom stereocenters. The van der Waals surface area contributed by atoms with Crippen LogP contribution in [0.15, 0.2) is 28.1 Å². The average Bonchev–Trinajstić information content (AvgIpc) is 2.92. The van der Waals surface area contributed by atoms with Crippen molar-refractivity contribution >= 4 is 44.6 Å². The second-order valence-electron chi connectivity index (χ2n) is 4.87. The van der Waals surface area contributed by atoms with Crippen LogP contribution < -0.4 is 4.90 Å². The first-order valence-corrected chi connectivity index (χ1v) is 7.85. The lowest BCUT2D eigenvalue weighted by Gasteiger charge is -2.18. The van der Waals surface area contributed by atoms with Gasteiger partial charge in [0.2, 0.25) is 0 Å². The molecule has 5 heteroatoms. The van der Waals surface area contributed by atoms with Crippen LogP contribution in [0.25, 0.3) is 0 Å². The van der Waals surface area contributed by atoms with Gasteiger partial charge in [0.15, 0.2) is 0 Å². The van der Waals surface area contributed by atoms with Gasteiger partial charge < -0.3 is 0 Å². The van der Waals surface area contributed by atoms with Gasteiger partial charge in [-0.3, -0.25) is 14.5 Å². The first-order valence-electron chi connectivity index (χ1n) is 6.18. The number of carbonyl (C=O) groups is 2. The van der Waals surface area contributed by atoms with Crippen LogP contribution in [0.3, 0.4) is 0 Å². The highest BCUT2D eigenvalue weighted by molar-refractivity contribution is 9.10. The molecule has 0 saturated heterocycles. The fraction of sp³-hybridized carbons (Fsp3) is 0.200. The molecule has 2 heterocycles. The van der Waals surface area contributed by atoms with Gasteiger partial charge >= 0.3 is 0 Å². The molecule has 2 aromatic rings. The van der Waals surface area contributed by atoms with Crippen LogP contribution in [-0.2, 0) is 11.3 Å². The second-order valence-corrected chi connectivity index (χ2v) is 6.79. The van der Waals surface area contributed by atoms with E-state index in [2.05, 4.69) is 15.9 Å². The van der Waals surface area contributed by atoms with Gasteiger partial charge in [-0.25, -0.2) is 0 Å². The Morgan fingerprint density at radius 1 is 1.20 bits per heavy atom. The average molecular weight is 350 g/mol. The van der Waals surface area contributed by atoms with Crippen LogP contribution in [0.1, 0.15) is 26.4 Å². The number of thiophene rings is 1. The van der Waals surface area contributed by atoms with Gasteiger partial charge in [-0.2, -0.15) is 0 Å². The summed E-state index contributed by atoms with van der Waals surface area (Å²) in [6.45, 7) is 4.24. The van der Waals surface area contributed by atoms with Crippen molar-refractivity contribution in [3.63, 3.8) is 0 Å². The van der Waals surface area contributed by atoms with Crippen molar-refractivity contribution in [1.29, 1.82) is 0 Å². The number of rotatable bonds is 2. The van der Waals surface area contributed by atoms with Gasteiger partial charge in [-0.1, -0.05) is 12.1 Å². The molecule has 3 rings (SSSR count). The summed E-state index contributed by atoms with van der Waals surface area (Å²) in [6, 6.07) is 5.83. The van der Waals surface area contributed by atoms with E-state index in [0.717, 1.165) is 26.2 Å². The molecular formula is C15H12BrNO2S. The number of amides is 1. The highest BCUT2D eigenvalue weighted by atomic mass is 79.9. The van der Waals surface area contributed by atoms with E-state index in [4.69, 9.17) is 0 Å². The zero-order chi connectivity index (χ0) is 14.4. The number of halogens is 1. The minimum absolute atomic E-state index is 0.392. The summed E-state index contributed by atoms with van der Waals surface area (Å²) in [6.07, 6.45) is 0. The van der Waals surface area contributed by atoms with E-state index in [0.29, 0.717) is 12.1 Å². The number of carbonyl (C=O) groups excluding carboxylic acids is 2. The zero-order valence-electron chi connectivity index (χ0n) is 11.1. The van der Waals surface area contributed by atoms with Crippen molar-refractivity contribution in [3.8, 4) is 0 Å². The molecule has 0 N–H and O–H groups in total. The summed E-state index contributed by atoms with van der Waals surface area (Å²) in [5, 5.41) is 1.97. The van der Waals surface area contributed by atoms with E-state index >= 15 is 0 Å². The minimum atomic E-state index is -0.429. The maximum atomic E-state index is 12.2. The SMILES string of the molecule is Cc1ccc(C)c2c1C(=O)C(=O)N2Cc1cc(Br)cs1. The number of Topliss-reactive ketones (excluding diaryl/α,β-unsaturated/α-hetero) is 1. The maximum absolute atomic E-state index is 12.2. The standard InChI is InChI=1S/C15H12BrNO2S/c1-8-3-4-9(2)13-12(8)14(18)15(19)17(13)6-11-5-10(16)7-20-11/h3-5,7H,6H2,1-2H3. The van der Waals surface area contributed by atoms with Gasteiger partial charge in [-0.05, 0) is 47.0 Å². The van der Waals surface area contributed by atoms with Crippen LogP contribution in [0.5, 0.6) is 0 Å². The molecule has 0 saturated carbocycles. The first kappa shape index (κ1) is 13.5. The predicted octanol–water partition coefficient (Wildman–Crippen LogP) is 3.86. The lowest BCUT2D eigenvalue weighted by atomic mass is 10.0. The highest BCUT2D eigenvalue weighted by Crippen LogP contribution is 2.36. The van der Waals surface area contributed by atoms with Crippen molar-refractivity contribution in [2.24, 2.45) is 0 Å². The molecule has 1 aromatic heterocycles. The summed E-state index contributed by atoms with van der Waals surface area (Å²) in [5.74, 6) is -0.821. The number of ketones is 1. The molecule has 0 radical (unpaired) electrons. The normalized spacial score (nSPS) is 14.1. The Balaban J connectivity index is 2.08. The Hall–Kier alpha value is -1.46. The van der Waals surface area contributed by atoms with Gasteiger partial charge in [0, 0.05) is 14.7 Å². The molecular weight excluding hydrogens is 338 g/mol. The monoisotopic (exact) mass is 349 g/mol. The van der Waals surface area contributed by atoms with Crippen molar-refractivity contribution in [2.75, 3.05) is 4.90 Å². The van der Waals surface area contributed by atoms with E-state index < -0.39 is 11.7 Å². The zero-order valence-corrected chi connectivity index (χ0v) is 13.5. The fourth-order valence-electron chi connectivity index (χ4n) is 2.51. The second kappa shape index (κ2) is 4.82. The summed E-state index contributed by atoms with van der Waals surface area (Å²) in [4.78, 5) is 27.1. The van der Waals surface area contributed by atoms with Crippen LogP contribution in [0.2, 0.25) is 0 Å². The molecule has 3 nitrogen and oxygen atoms in total. The van der Waals surface area contributed by atoms with Gasteiger partial charge in [-0.15, -0.1) is 11.3 Å². The summed E-state index contributed by atoms with van der Waals surface area (Å²) < 4.78 is 0.997. The number of hydrogen-bond acceptors (Lipinski definition) is 3. The molecule has 0 spiro atoms. The highest BCUT2D eigenvalue weighted by Gasteiger charge is 2.38. The van der Waals surface area contributed by atoms with Crippen LogP contribution in [0.4, 0.5) is 5.69 Å². The molecule has 0 atom stereocenters. The Bertz CT molecular complexity index is 735. The molecule has 102 valence electrons. The summed E-state index contributed by atoms with van der Waals surface area (Å²) >= 11 is 4.98. The number of nitrogens with zero attached hydrogens (tertiary/aromatic N) is 1. The lowest BCUT2D eigenvalue weighted by Crippen LogP contribution is -2.29. The Labute approximate surface area is 129 Å². The minimum Gasteiger partial charge on any atom is -0.299 e. The topological polar surface area (TPSA) is 37.4 Å². The van der Waals surface area contributed by atoms with E-state index in [1.807, 2.05) is 37.4 Å². The maximum Gasteiger partial charge on any atom is 0.299 e. The lowest BCUT2D eigenvalue weighted by molar-refractivity contribution is -0.114. The molecule has 1 aliphatic rings. The van der Waals surface area contributed by atoms with Crippen molar-refractivity contribution < 1.29 is 9.59 Å². The van der Waals surface area contributed by atoms with Crippen LogP contribution >= 0.6 is 27.3 Å². The van der Waals surface area contributed by atoms with Crippen molar-refractivity contribution in [3.05, 3.63) is 49.6 Å². The molecule has 0 fully saturated rings. The van der Waals surface area contributed by atoms with Gasteiger partial charge in [0.25, 0.3) is 11.7 Å². The third kappa shape index (κ3) is 2.01. The molecule has 1 amide bonds. The van der Waals surface area contributed by atoms with Gasteiger partial charge in [0.1, 0.15) is 0 Å². The molecule has 0 bridgehead atoms. The number of fused-ring (bicyclic) bond motifs is 1. The van der Waals surface area contributed by atoms with Crippen LogP contribution in [0, 0.1) is 13.8 Å². The number of benzene rings is 1. The molecule has 1 aromatic carbocycles. The van der Waals surface area contributed by atoms with Gasteiger partial charge in [0.05, 0.1) is 17.8 Å². The van der Waals surface area contributed by atoms with Crippen molar-refractivity contribution in [2.45, 2.75) is 20.4 Å². The number of aryl methyl sites for hydroxylation is 2. The van der Waals surface area contributed by atoms with Crippen LogP contribution in [-0.4, -0.2) is 11.7 Å². The quantitative estimate of drug-likeness (QED) is 0.772. The molecule has 1 aliphatic heterocycles. The van der Waals surface area contributed by atoms with E-state index in [1.165, 1.54) is 0 Å². The molecule has 20 heavy (non-hydrogen) atoms. The van der Waals surface area contributed by atoms with E-state index in [-0.39, 0.29) is 0 Å².